The Balaban J connectivity index is 1.18. The minimum Gasteiger partial charge on any atom is -0.497 e. The molecule has 7 nitrogen and oxygen atoms in total. The van der Waals surface area contributed by atoms with Gasteiger partial charge in [-0.15, -0.1) is 0 Å². The van der Waals surface area contributed by atoms with Crippen LogP contribution in [0.5, 0.6) is 5.75 Å². The summed E-state index contributed by atoms with van der Waals surface area (Å²) in [6.07, 6.45) is -1.60. The number of amides is 2. The molecule has 1 saturated carbocycles. The maximum Gasteiger partial charge on any atom is 0.416 e. The van der Waals surface area contributed by atoms with Crippen molar-refractivity contribution in [3.63, 3.8) is 0 Å². The number of aliphatic hydroxyl groups is 1. The molecule has 1 aliphatic carbocycles. The van der Waals surface area contributed by atoms with Gasteiger partial charge in [0.2, 0.25) is 5.91 Å². The van der Waals surface area contributed by atoms with Crippen LogP contribution >= 0.6 is 0 Å². The number of likely N-dealkylation sites (tertiary alicyclic amines) is 1. The van der Waals surface area contributed by atoms with Crippen molar-refractivity contribution in [3.05, 3.63) is 65.2 Å². The molecule has 0 spiro atoms. The fraction of sp³-hybridized carbons (Fsp3) is 0.462. The number of carbonyl (C=O) groups excluding carboxylic acids is 2. The molecule has 0 unspecified atom stereocenters. The highest BCUT2D eigenvalue weighted by Crippen LogP contribution is 2.40. The summed E-state index contributed by atoms with van der Waals surface area (Å²) in [5.74, 6) is -0.413. The van der Waals surface area contributed by atoms with E-state index in [-0.39, 0.29) is 18.2 Å². The topological polar surface area (TPSA) is 90.9 Å². The van der Waals surface area contributed by atoms with E-state index >= 15 is 0 Å². The lowest BCUT2D eigenvalue weighted by atomic mass is 9.76. The van der Waals surface area contributed by atoms with E-state index in [0.29, 0.717) is 32.0 Å². The smallest absolute Gasteiger partial charge is 0.416 e. The van der Waals surface area contributed by atoms with Crippen LogP contribution in [0.15, 0.2) is 48.5 Å². The van der Waals surface area contributed by atoms with Gasteiger partial charge in [-0.05, 0) is 61.6 Å². The van der Waals surface area contributed by atoms with E-state index < -0.39 is 29.2 Å². The van der Waals surface area contributed by atoms with Crippen molar-refractivity contribution < 1.29 is 32.6 Å². The highest BCUT2D eigenvalue weighted by atomic mass is 19.4. The van der Waals surface area contributed by atoms with Crippen LogP contribution in [0.2, 0.25) is 0 Å². The lowest BCUT2D eigenvalue weighted by molar-refractivity contribution is -0.137. The molecule has 2 aliphatic rings. The van der Waals surface area contributed by atoms with Crippen molar-refractivity contribution in [1.29, 1.82) is 0 Å². The molecule has 2 fully saturated rings. The van der Waals surface area contributed by atoms with E-state index in [2.05, 4.69) is 15.5 Å². The Morgan fingerprint density at radius 3 is 2.47 bits per heavy atom. The summed E-state index contributed by atoms with van der Waals surface area (Å²) in [6, 6.07) is 11.9. The molecule has 0 radical (unpaired) electrons. The van der Waals surface area contributed by atoms with E-state index in [9.17, 15) is 27.9 Å². The molecule has 2 aromatic carbocycles. The maximum absolute atomic E-state index is 12.8. The number of halogens is 3. The van der Waals surface area contributed by atoms with Crippen LogP contribution in [-0.2, 0) is 16.6 Å². The molecule has 0 atom stereocenters. The zero-order valence-corrected chi connectivity index (χ0v) is 20.0. The molecule has 0 bridgehead atoms. The molecule has 1 saturated heterocycles. The highest BCUT2D eigenvalue weighted by molar-refractivity contribution is 5.96. The second kappa shape index (κ2) is 10.5. The molecule has 2 aromatic rings. The Morgan fingerprint density at radius 2 is 1.81 bits per heavy atom. The van der Waals surface area contributed by atoms with E-state index in [1.54, 1.807) is 7.11 Å². The summed E-state index contributed by atoms with van der Waals surface area (Å²) in [6.45, 7) is 1.04. The van der Waals surface area contributed by atoms with Crippen molar-refractivity contribution in [2.45, 2.75) is 49.5 Å². The van der Waals surface area contributed by atoms with Crippen molar-refractivity contribution >= 4 is 11.8 Å². The fourth-order valence-electron chi connectivity index (χ4n) is 4.93. The summed E-state index contributed by atoms with van der Waals surface area (Å²) in [4.78, 5) is 26.6. The van der Waals surface area contributed by atoms with Crippen LogP contribution in [-0.4, -0.2) is 60.6 Å². The van der Waals surface area contributed by atoms with Gasteiger partial charge < -0.3 is 20.5 Å². The maximum atomic E-state index is 12.8. The summed E-state index contributed by atoms with van der Waals surface area (Å²) in [5.41, 5.74) is -1.08. The number of nitrogens with one attached hydrogen (secondary N) is 2. The molecule has 0 aromatic heterocycles. The number of nitrogens with zero attached hydrogens (tertiary/aromatic N) is 1. The summed E-state index contributed by atoms with van der Waals surface area (Å²) in [7, 11) is 1.60. The number of methoxy groups -OCH3 is 1. The van der Waals surface area contributed by atoms with E-state index in [1.165, 1.54) is 6.07 Å². The van der Waals surface area contributed by atoms with Gasteiger partial charge in [-0.25, -0.2) is 0 Å². The third-order valence-electron chi connectivity index (χ3n) is 7.04. The predicted octanol–water partition coefficient (Wildman–Crippen LogP) is 3.07. The lowest BCUT2D eigenvalue weighted by Gasteiger charge is -2.48. The van der Waals surface area contributed by atoms with Crippen molar-refractivity contribution in [2.24, 2.45) is 0 Å². The monoisotopic (exact) mass is 505 g/mol. The average molecular weight is 506 g/mol. The number of hydrogen-bond donors (Lipinski definition) is 3. The quantitative estimate of drug-likeness (QED) is 0.538. The van der Waals surface area contributed by atoms with Crippen LogP contribution in [0.25, 0.3) is 0 Å². The third kappa shape index (κ3) is 5.99. The Kier molecular flexibility index (Phi) is 7.56. The van der Waals surface area contributed by atoms with Gasteiger partial charge in [0.05, 0.1) is 30.9 Å². The van der Waals surface area contributed by atoms with Crippen molar-refractivity contribution in [1.82, 2.24) is 15.5 Å². The number of alkyl halides is 3. The second-order valence-electron chi connectivity index (χ2n) is 9.47. The number of ether oxygens (including phenoxy) is 1. The van der Waals surface area contributed by atoms with Crippen LogP contribution in [0.4, 0.5) is 13.2 Å². The Hall–Kier alpha value is -3.11. The molecular weight excluding hydrogens is 475 g/mol. The Bertz CT molecular complexity index is 1090. The van der Waals surface area contributed by atoms with Crippen LogP contribution < -0.4 is 15.4 Å². The fourth-order valence-corrected chi connectivity index (χ4v) is 4.93. The Labute approximate surface area is 207 Å². The minimum absolute atomic E-state index is 0.0536. The number of benzene rings is 2. The van der Waals surface area contributed by atoms with E-state index in [4.69, 9.17) is 4.74 Å². The van der Waals surface area contributed by atoms with Gasteiger partial charge >= 0.3 is 6.18 Å². The SMILES string of the molecule is COc1cccc([C@]2(O)CC[C@H](N3CC(NC(=O)CNC(=O)c4cccc(C(F)(F)F)c4)C3)CC2)c1. The standard InChI is InChI=1S/C26H30F3N3O4/c1-36-22-7-3-5-18(13-22)25(35)10-8-21(9-11-25)32-15-20(16-32)31-23(33)14-30-24(34)17-4-2-6-19(12-17)26(27,28)29/h2-7,12-13,20-21,35H,8-11,14-16H2,1H3,(H,30,34)(H,31,33)/t21-,25-. The lowest BCUT2D eigenvalue weighted by Crippen LogP contribution is -2.63. The first-order chi connectivity index (χ1) is 17.1. The van der Waals surface area contributed by atoms with Crippen LogP contribution in [0.3, 0.4) is 0 Å². The van der Waals surface area contributed by atoms with Gasteiger partial charge in [0, 0.05) is 24.7 Å². The first-order valence-electron chi connectivity index (χ1n) is 11.9. The van der Waals surface area contributed by atoms with Gasteiger partial charge in [-0.3, -0.25) is 14.5 Å². The van der Waals surface area contributed by atoms with Gasteiger partial charge in [0.25, 0.3) is 5.91 Å². The zero-order chi connectivity index (χ0) is 25.9. The number of hydrogen-bond acceptors (Lipinski definition) is 5. The van der Waals surface area contributed by atoms with Gasteiger partial charge in [-0.1, -0.05) is 18.2 Å². The van der Waals surface area contributed by atoms with Crippen molar-refractivity contribution in [3.8, 4) is 5.75 Å². The molecule has 1 heterocycles. The van der Waals surface area contributed by atoms with Gasteiger partial charge in [-0.2, -0.15) is 13.2 Å². The van der Waals surface area contributed by atoms with E-state index in [1.807, 2.05) is 24.3 Å². The molecule has 3 N–H and O–H groups in total. The van der Waals surface area contributed by atoms with Crippen molar-refractivity contribution in [2.75, 3.05) is 26.7 Å². The first-order valence-corrected chi connectivity index (χ1v) is 11.9. The predicted molar refractivity (Wildman–Crippen MR) is 126 cm³/mol. The largest absolute Gasteiger partial charge is 0.497 e. The molecule has 4 rings (SSSR count). The molecule has 2 amide bonds. The first kappa shape index (κ1) is 26.0. The van der Waals surface area contributed by atoms with Gasteiger partial charge in [0.1, 0.15) is 5.75 Å². The molecule has 36 heavy (non-hydrogen) atoms. The molecule has 1 aliphatic heterocycles. The summed E-state index contributed by atoms with van der Waals surface area (Å²) >= 11 is 0. The average Bonchev–Trinajstić information content (AvgIpc) is 2.85. The minimum atomic E-state index is -4.55. The number of rotatable bonds is 7. The summed E-state index contributed by atoms with van der Waals surface area (Å²) in [5, 5.41) is 16.4. The number of carbonyl (C=O) groups is 2. The third-order valence-corrected chi connectivity index (χ3v) is 7.04. The van der Waals surface area contributed by atoms with Gasteiger partial charge in [0.15, 0.2) is 0 Å². The van der Waals surface area contributed by atoms with Crippen LogP contribution in [0, 0.1) is 0 Å². The Morgan fingerprint density at radius 1 is 1.11 bits per heavy atom. The molecular formula is C26H30F3N3O4. The normalized spacial score (nSPS) is 23.0. The highest BCUT2D eigenvalue weighted by Gasteiger charge is 2.40. The summed E-state index contributed by atoms with van der Waals surface area (Å²) < 4.78 is 43.8. The van der Waals surface area contributed by atoms with Crippen LogP contribution in [0.1, 0.15) is 47.2 Å². The molecule has 10 heteroatoms. The second-order valence-corrected chi connectivity index (χ2v) is 9.47. The zero-order valence-electron chi connectivity index (χ0n) is 20.0. The molecule has 194 valence electrons. The van der Waals surface area contributed by atoms with E-state index in [0.717, 1.165) is 42.4 Å².